The quantitative estimate of drug-likeness (QED) is 0.794. The SMILES string of the molecule is CC(c1ccc2c(c1)OC(F)(F)O2)C1(c2cc(B(O)O)ccn2)COC1. The number of benzene rings is 1. The van der Waals surface area contributed by atoms with Gasteiger partial charge in [0.2, 0.25) is 0 Å². The summed E-state index contributed by atoms with van der Waals surface area (Å²) in [4.78, 5) is 4.38. The fourth-order valence-corrected chi connectivity index (χ4v) is 3.38. The molecular weight excluding hydrogens is 347 g/mol. The van der Waals surface area contributed by atoms with Crippen LogP contribution < -0.4 is 14.9 Å². The van der Waals surface area contributed by atoms with E-state index in [2.05, 4.69) is 14.5 Å². The van der Waals surface area contributed by atoms with Gasteiger partial charge in [-0.05, 0) is 41.2 Å². The molecule has 2 N–H and O–H groups in total. The van der Waals surface area contributed by atoms with Gasteiger partial charge < -0.3 is 24.3 Å². The fraction of sp³-hybridized carbons (Fsp3) is 0.353. The minimum atomic E-state index is -3.66. The molecule has 1 saturated heterocycles. The van der Waals surface area contributed by atoms with Crippen molar-refractivity contribution in [1.82, 2.24) is 4.98 Å². The Morgan fingerprint density at radius 3 is 2.50 bits per heavy atom. The third-order valence-electron chi connectivity index (χ3n) is 5.07. The molecule has 2 aliphatic heterocycles. The Balaban J connectivity index is 1.69. The molecule has 0 amide bonds. The van der Waals surface area contributed by atoms with Gasteiger partial charge in [0.15, 0.2) is 11.5 Å². The van der Waals surface area contributed by atoms with Crippen LogP contribution in [0.15, 0.2) is 36.5 Å². The van der Waals surface area contributed by atoms with E-state index >= 15 is 0 Å². The first kappa shape index (κ1) is 17.2. The zero-order valence-corrected chi connectivity index (χ0v) is 13.9. The summed E-state index contributed by atoms with van der Waals surface area (Å²) in [5, 5.41) is 18.8. The fourth-order valence-electron chi connectivity index (χ4n) is 3.38. The Labute approximate surface area is 148 Å². The zero-order chi connectivity index (χ0) is 18.5. The third-order valence-corrected chi connectivity index (χ3v) is 5.07. The van der Waals surface area contributed by atoms with Crippen molar-refractivity contribution in [2.75, 3.05) is 13.2 Å². The maximum Gasteiger partial charge on any atom is 0.586 e. The highest BCUT2D eigenvalue weighted by atomic mass is 19.3. The molecule has 3 heterocycles. The van der Waals surface area contributed by atoms with Crippen LogP contribution in [0.3, 0.4) is 0 Å². The van der Waals surface area contributed by atoms with Crippen molar-refractivity contribution in [3.05, 3.63) is 47.8 Å². The molecule has 9 heteroatoms. The molecule has 0 bridgehead atoms. The number of fused-ring (bicyclic) bond motifs is 1. The second kappa shape index (κ2) is 5.90. The number of aromatic nitrogens is 1. The van der Waals surface area contributed by atoms with Gasteiger partial charge in [0.25, 0.3) is 0 Å². The maximum absolute atomic E-state index is 13.2. The van der Waals surface area contributed by atoms with Gasteiger partial charge in [-0.1, -0.05) is 13.0 Å². The summed E-state index contributed by atoms with van der Waals surface area (Å²) in [5.41, 5.74) is 1.26. The lowest BCUT2D eigenvalue weighted by Crippen LogP contribution is -2.51. The number of hydrogen-bond donors (Lipinski definition) is 2. The number of hydrogen-bond acceptors (Lipinski definition) is 6. The molecule has 0 aliphatic carbocycles. The molecule has 0 radical (unpaired) electrons. The Morgan fingerprint density at radius 2 is 1.85 bits per heavy atom. The van der Waals surface area contributed by atoms with Gasteiger partial charge in [-0.3, -0.25) is 4.98 Å². The molecule has 0 saturated carbocycles. The molecule has 1 atom stereocenters. The van der Waals surface area contributed by atoms with Gasteiger partial charge in [0, 0.05) is 6.20 Å². The third kappa shape index (κ3) is 2.72. The molecule has 0 spiro atoms. The van der Waals surface area contributed by atoms with Crippen molar-refractivity contribution in [2.24, 2.45) is 0 Å². The molecular formula is C17H16BF2NO5. The van der Waals surface area contributed by atoms with Gasteiger partial charge in [-0.2, -0.15) is 0 Å². The molecule has 1 fully saturated rings. The Kier molecular flexibility index (Phi) is 3.90. The first-order chi connectivity index (χ1) is 12.3. The summed E-state index contributed by atoms with van der Waals surface area (Å²) in [6.07, 6.45) is -2.15. The molecule has 1 aromatic heterocycles. The van der Waals surface area contributed by atoms with Crippen LogP contribution in [-0.4, -0.2) is 41.7 Å². The van der Waals surface area contributed by atoms with Crippen LogP contribution in [0.25, 0.3) is 0 Å². The highest BCUT2D eigenvalue weighted by Gasteiger charge is 2.48. The summed E-state index contributed by atoms with van der Waals surface area (Å²) in [6, 6.07) is 7.85. The average molecular weight is 363 g/mol. The predicted molar refractivity (Wildman–Crippen MR) is 87.6 cm³/mol. The molecule has 4 rings (SSSR count). The molecule has 136 valence electrons. The Bertz CT molecular complexity index is 844. The predicted octanol–water partition coefficient (Wildman–Crippen LogP) is 1.15. The maximum atomic E-state index is 13.2. The summed E-state index contributed by atoms with van der Waals surface area (Å²) >= 11 is 0. The van der Waals surface area contributed by atoms with Gasteiger partial charge >= 0.3 is 13.4 Å². The van der Waals surface area contributed by atoms with E-state index in [1.807, 2.05) is 6.92 Å². The first-order valence-corrected chi connectivity index (χ1v) is 8.11. The van der Waals surface area contributed by atoms with E-state index in [9.17, 15) is 18.8 Å². The highest BCUT2D eigenvalue weighted by molar-refractivity contribution is 6.58. The monoisotopic (exact) mass is 363 g/mol. The van der Waals surface area contributed by atoms with Gasteiger partial charge in [-0.15, -0.1) is 8.78 Å². The number of nitrogens with zero attached hydrogens (tertiary/aromatic N) is 1. The number of pyridine rings is 1. The molecule has 2 aliphatic rings. The van der Waals surface area contributed by atoms with Crippen molar-refractivity contribution in [3.8, 4) is 11.5 Å². The van der Waals surface area contributed by atoms with Crippen molar-refractivity contribution in [2.45, 2.75) is 24.6 Å². The summed E-state index contributed by atoms with van der Waals surface area (Å²) in [5.74, 6) is -0.159. The molecule has 6 nitrogen and oxygen atoms in total. The van der Waals surface area contributed by atoms with Gasteiger partial charge in [-0.25, -0.2) is 0 Å². The number of rotatable bonds is 4. The van der Waals surface area contributed by atoms with E-state index in [0.29, 0.717) is 24.4 Å². The van der Waals surface area contributed by atoms with Crippen LogP contribution in [0.4, 0.5) is 8.78 Å². The lowest BCUT2D eigenvalue weighted by Gasteiger charge is -2.46. The lowest BCUT2D eigenvalue weighted by molar-refractivity contribution is -0.286. The van der Waals surface area contributed by atoms with Crippen molar-refractivity contribution in [3.63, 3.8) is 0 Å². The van der Waals surface area contributed by atoms with E-state index in [-0.39, 0.29) is 17.4 Å². The van der Waals surface area contributed by atoms with Crippen molar-refractivity contribution >= 4 is 12.6 Å². The van der Waals surface area contributed by atoms with Gasteiger partial charge in [0.05, 0.1) is 24.3 Å². The molecule has 26 heavy (non-hydrogen) atoms. The van der Waals surface area contributed by atoms with Crippen molar-refractivity contribution in [1.29, 1.82) is 0 Å². The minimum absolute atomic E-state index is 0.00613. The molecule has 1 unspecified atom stereocenters. The average Bonchev–Trinajstić information content (AvgIpc) is 2.86. The largest absolute Gasteiger partial charge is 0.586 e. The Hall–Kier alpha value is -2.23. The summed E-state index contributed by atoms with van der Waals surface area (Å²) in [6.45, 7) is 2.72. The van der Waals surface area contributed by atoms with Crippen LogP contribution in [0, 0.1) is 0 Å². The molecule has 1 aromatic carbocycles. The van der Waals surface area contributed by atoms with E-state index in [0.717, 1.165) is 5.56 Å². The van der Waals surface area contributed by atoms with E-state index in [4.69, 9.17) is 4.74 Å². The second-order valence-electron chi connectivity index (χ2n) is 6.59. The number of halogens is 2. The van der Waals surface area contributed by atoms with Crippen molar-refractivity contribution < 1.29 is 33.0 Å². The smallest absolute Gasteiger partial charge is 0.423 e. The van der Waals surface area contributed by atoms with E-state index < -0.39 is 18.8 Å². The van der Waals surface area contributed by atoms with Crippen LogP contribution >= 0.6 is 0 Å². The zero-order valence-electron chi connectivity index (χ0n) is 13.9. The normalized spacial score (nSPS) is 20.3. The van der Waals surface area contributed by atoms with Gasteiger partial charge in [0.1, 0.15) is 0 Å². The Morgan fingerprint density at radius 1 is 1.12 bits per heavy atom. The summed E-state index contributed by atoms with van der Waals surface area (Å²) in [7, 11) is -1.60. The molecule has 2 aromatic rings. The number of ether oxygens (including phenoxy) is 3. The van der Waals surface area contributed by atoms with Crippen LogP contribution in [0.5, 0.6) is 11.5 Å². The van der Waals surface area contributed by atoms with Crippen LogP contribution in [-0.2, 0) is 10.2 Å². The van der Waals surface area contributed by atoms with Crippen LogP contribution in [0.2, 0.25) is 0 Å². The van der Waals surface area contributed by atoms with Crippen LogP contribution in [0.1, 0.15) is 24.1 Å². The van der Waals surface area contributed by atoms with E-state index in [1.165, 1.54) is 24.4 Å². The number of alkyl halides is 2. The topological polar surface area (TPSA) is 81.0 Å². The van der Waals surface area contributed by atoms with E-state index in [1.54, 1.807) is 12.1 Å². The standard InChI is InChI=1S/C17H16BF2NO5/c1-10(11-2-3-13-14(6-11)26-17(19,20)25-13)16(8-24-9-16)15-7-12(18(22)23)4-5-21-15/h2-7,10,22-23H,8-9H2,1H3. The first-order valence-electron chi connectivity index (χ1n) is 8.11. The lowest BCUT2D eigenvalue weighted by atomic mass is 9.67. The second-order valence-corrected chi connectivity index (χ2v) is 6.59. The summed E-state index contributed by atoms with van der Waals surface area (Å²) < 4.78 is 40.9. The highest BCUT2D eigenvalue weighted by Crippen LogP contribution is 2.47. The minimum Gasteiger partial charge on any atom is -0.423 e.